The fraction of sp³-hybridized carbons (Fsp3) is 0.600. The lowest BCUT2D eigenvalue weighted by molar-refractivity contribution is -0.875. The zero-order valence-corrected chi connectivity index (χ0v) is 9.82. The molecule has 0 fully saturated rings. The summed E-state index contributed by atoms with van der Waals surface area (Å²) in [6.45, 7) is 0.453. The smallest absolute Gasteiger partial charge is 0.450 e. The highest BCUT2D eigenvalue weighted by molar-refractivity contribution is 5.32. The lowest BCUT2D eigenvalue weighted by atomic mass is 10.1. The second-order valence-electron chi connectivity index (χ2n) is 3.80. The normalized spacial score (nSPS) is 10.0. The molecule has 0 aromatic carbocycles. The molecule has 0 aliphatic heterocycles. The molecule has 1 rings (SSSR count). The molecular weight excluding hydrogens is 240 g/mol. The predicted octanol–water partition coefficient (Wildman–Crippen LogP) is -0.974. The molecule has 0 unspecified atom stereocenters. The fourth-order valence-corrected chi connectivity index (χ4v) is 1.56. The number of aliphatic imine (C=N–C) groups is 1. The van der Waals surface area contributed by atoms with Crippen LogP contribution in [0.25, 0.3) is 0 Å². The Morgan fingerprint density at radius 1 is 1.06 bits per heavy atom. The van der Waals surface area contributed by atoms with Crippen LogP contribution in [-0.4, -0.2) is 12.6 Å². The summed E-state index contributed by atoms with van der Waals surface area (Å²) < 4.78 is 0.744. The van der Waals surface area contributed by atoms with Crippen LogP contribution in [0.3, 0.4) is 0 Å². The van der Waals surface area contributed by atoms with Crippen LogP contribution in [0.4, 0.5) is 0 Å². The lowest BCUT2D eigenvalue weighted by Gasteiger charge is -2.03. The van der Waals surface area contributed by atoms with Gasteiger partial charge in [-0.05, 0) is 12.8 Å². The van der Waals surface area contributed by atoms with Crippen molar-refractivity contribution in [2.75, 3.05) is 6.54 Å². The van der Waals surface area contributed by atoms with E-state index in [4.69, 9.17) is 0 Å². The van der Waals surface area contributed by atoms with Crippen LogP contribution in [-0.2, 0) is 11.2 Å². The Hall–Kier alpha value is -2.21. The number of hydrogen-bond donors (Lipinski definition) is 0. The highest BCUT2D eigenvalue weighted by atomic mass is 16.5. The second-order valence-corrected chi connectivity index (χ2v) is 3.80. The Balaban J connectivity index is 2.33. The lowest BCUT2D eigenvalue weighted by Crippen LogP contribution is -2.56. The minimum atomic E-state index is 0.00742. The highest BCUT2D eigenvalue weighted by Crippen LogP contribution is 2.02. The van der Waals surface area contributed by atoms with Gasteiger partial charge in [0, 0.05) is 0 Å². The summed E-state index contributed by atoms with van der Waals surface area (Å²) in [4.78, 5) is 13.2. The molecule has 0 N–H and O–H groups in total. The number of nitrogens with zero attached hydrogens (tertiary/aromatic N) is 4. The number of aromatic nitrogens is 3. The molecule has 0 saturated carbocycles. The van der Waals surface area contributed by atoms with E-state index in [1.165, 1.54) is 6.08 Å². The van der Waals surface area contributed by atoms with Gasteiger partial charge in [-0.1, -0.05) is 27.0 Å². The summed E-state index contributed by atoms with van der Waals surface area (Å²) in [5, 5.41) is 33.3. The van der Waals surface area contributed by atoms with Crippen LogP contribution < -0.4 is 14.2 Å². The van der Waals surface area contributed by atoms with E-state index in [1.54, 1.807) is 0 Å². The second kappa shape index (κ2) is 7.18. The van der Waals surface area contributed by atoms with Gasteiger partial charge < -0.3 is 15.6 Å². The van der Waals surface area contributed by atoms with Gasteiger partial charge in [0.15, 0.2) is 0 Å². The molecule has 8 heteroatoms. The summed E-state index contributed by atoms with van der Waals surface area (Å²) in [6.07, 6.45) is 6.42. The zero-order chi connectivity index (χ0) is 13.4. The van der Waals surface area contributed by atoms with E-state index in [-0.39, 0.29) is 20.0 Å². The van der Waals surface area contributed by atoms with Crippen LogP contribution in [0, 0.1) is 15.6 Å². The average Bonchev–Trinajstić information content (AvgIpc) is 2.30. The van der Waals surface area contributed by atoms with Crippen molar-refractivity contribution in [3.63, 3.8) is 0 Å². The third kappa shape index (κ3) is 4.34. The molecule has 1 heterocycles. The molecule has 98 valence electrons. The zero-order valence-electron chi connectivity index (χ0n) is 9.82. The molecule has 0 amide bonds. The number of carbonyl (C=O) groups excluding carboxylic acids is 1. The van der Waals surface area contributed by atoms with Crippen molar-refractivity contribution in [1.82, 2.24) is 0 Å². The third-order valence-corrected chi connectivity index (χ3v) is 2.43. The Morgan fingerprint density at radius 3 is 2.28 bits per heavy atom. The summed E-state index contributed by atoms with van der Waals surface area (Å²) >= 11 is 0. The van der Waals surface area contributed by atoms with Crippen molar-refractivity contribution in [2.24, 2.45) is 4.99 Å². The van der Waals surface area contributed by atoms with Crippen molar-refractivity contribution in [2.45, 2.75) is 32.1 Å². The quantitative estimate of drug-likeness (QED) is 0.205. The predicted molar refractivity (Wildman–Crippen MR) is 58.5 cm³/mol. The van der Waals surface area contributed by atoms with Crippen molar-refractivity contribution in [1.29, 1.82) is 0 Å². The number of unbranched alkanes of at least 4 members (excludes halogenated alkanes) is 3. The van der Waals surface area contributed by atoms with Crippen LogP contribution >= 0.6 is 0 Å². The van der Waals surface area contributed by atoms with E-state index >= 15 is 0 Å². The third-order valence-electron chi connectivity index (χ3n) is 2.43. The van der Waals surface area contributed by atoms with Gasteiger partial charge in [0.25, 0.3) is 0 Å². The Bertz CT molecular complexity index is 422. The minimum Gasteiger partial charge on any atom is -0.610 e. The fourth-order valence-electron chi connectivity index (χ4n) is 1.56. The van der Waals surface area contributed by atoms with E-state index in [0.717, 1.165) is 31.9 Å². The topological polar surface area (TPSA) is 110 Å². The number of hydrogen-bond acceptors (Lipinski definition) is 5. The maximum absolute atomic E-state index is 11.3. The first-order valence-electron chi connectivity index (χ1n) is 5.63. The SMILES string of the molecule is O=C=NCCCCCCc1[n+]([O-])c[n+]([O-])c[n+]1[O-]. The first-order valence-corrected chi connectivity index (χ1v) is 5.63. The molecule has 0 aliphatic rings. The molecule has 1 aromatic heterocycles. The molecule has 0 spiro atoms. The first-order chi connectivity index (χ1) is 8.65. The summed E-state index contributed by atoms with van der Waals surface area (Å²) in [7, 11) is 0. The van der Waals surface area contributed by atoms with E-state index < -0.39 is 0 Å². The molecule has 0 aliphatic carbocycles. The molecular formula is C10H14N4O4. The van der Waals surface area contributed by atoms with Crippen LogP contribution in [0.5, 0.6) is 0 Å². The number of rotatable bonds is 7. The Labute approximate surface area is 104 Å². The van der Waals surface area contributed by atoms with Gasteiger partial charge >= 0.3 is 18.5 Å². The van der Waals surface area contributed by atoms with Gasteiger partial charge in [0.05, 0.1) is 6.54 Å². The molecule has 0 atom stereocenters. The van der Waals surface area contributed by atoms with Crippen LogP contribution in [0.15, 0.2) is 17.6 Å². The average molecular weight is 254 g/mol. The minimum absolute atomic E-state index is 0.00742. The molecule has 1 aromatic rings. The van der Waals surface area contributed by atoms with Gasteiger partial charge in [0.1, 0.15) is 6.42 Å². The van der Waals surface area contributed by atoms with E-state index in [9.17, 15) is 20.4 Å². The largest absolute Gasteiger partial charge is 0.610 e. The van der Waals surface area contributed by atoms with Gasteiger partial charge in [0.2, 0.25) is 6.08 Å². The maximum atomic E-state index is 11.3. The Morgan fingerprint density at radius 2 is 1.67 bits per heavy atom. The van der Waals surface area contributed by atoms with E-state index in [0.29, 0.717) is 19.4 Å². The van der Waals surface area contributed by atoms with E-state index in [2.05, 4.69) is 4.99 Å². The highest BCUT2D eigenvalue weighted by Gasteiger charge is 2.20. The van der Waals surface area contributed by atoms with Crippen molar-refractivity contribution < 1.29 is 19.0 Å². The van der Waals surface area contributed by atoms with Gasteiger partial charge in [-0.2, -0.15) is 0 Å². The summed E-state index contributed by atoms with van der Waals surface area (Å²) in [5.41, 5.74) is 0. The maximum Gasteiger partial charge on any atom is 0.450 e. The first kappa shape index (κ1) is 13.9. The monoisotopic (exact) mass is 254 g/mol. The van der Waals surface area contributed by atoms with Crippen LogP contribution in [0.1, 0.15) is 31.5 Å². The van der Waals surface area contributed by atoms with Gasteiger partial charge in [-0.3, -0.25) is 0 Å². The van der Waals surface area contributed by atoms with Gasteiger partial charge in [-0.15, -0.1) is 0 Å². The van der Waals surface area contributed by atoms with Crippen molar-refractivity contribution >= 4 is 6.08 Å². The van der Waals surface area contributed by atoms with Gasteiger partial charge in [-0.25, -0.2) is 9.79 Å². The standard InChI is InChI=1S/C10H14N4O4/c15-7-11-6-4-2-1-3-5-10-13(17)8-12(16)9-14(10)18/h8-9H,1-6H2. The molecule has 0 saturated heterocycles. The number of isocyanates is 1. The summed E-state index contributed by atoms with van der Waals surface area (Å²) in [5.74, 6) is 0.00742. The summed E-state index contributed by atoms with van der Waals surface area (Å²) in [6, 6.07) is 0. The molecule has 0 radical (unpaired) electrons. The molecule has 0 bridgehead atoms. The Kier molecular flexibility index (Phi) is 5.53. The van der Waals surface area contributed by atoms with Crippen molar-refractivity contribution in [3.8, 4) is 0 Å². The van der Waals surface area contributed by atoms with Crippen molar-refractivity contribution in [3.05, 3.63) is 34.1 Å². The molecule has 8 nitrogen and oxygen atoms in total. The van der Waals surface area contributed by atoms with E-state index in [1.807, 2.05) is 0 Å². The molecule has 18 heavy (non-hydrogen) atoms. The van der Waals surface area contributed by atoms with Crippen LogP contribution in [0.2, 0.25) is 0 Å².